The minimum absolute atomic E-state index is 0.187. The molecule has 4 atom stereocenters. The van der Waals surface area contributed by atoms with Crippen molar-refractivity contribution in [3.63, 3.8) is 0 Å². The molecule has 0 bridgehead atoms. The zero-order valence-corrected chi connectivity index (χ0v) is 15.1. The SMILES string of the molecule is CS(=O)(=O)N[C@@H]1CO[C@@H]2[C@@H]1OC[C@@H]2n1nnnc1-c1ccc2c(c1)OCO2. The third kappa shape index (κ3) is 2.94. The Labute approximate surface area is 154 Å². The van der Waals surface area contributed by atoms with Gasteiger partial charge in [0.1, 0.15) is 18.2 Å². The van der Waals surface area contributed by atoms with Gasteiger partial charge < -0.3 is 18.9 Å². The van der Waals surface area contributed by atoms with Gasteiger partial charge in [-0.2, -0.15) is 0 Å². The van der Waals surface area contributed by atoms with E-state index in [0.717, 1.165) is 11.8 Å². The predicted molar refractivity (Wildman–Crippen MR) is 89.7 cm³/mol. The lowest BCUT2D eigenvalue weighted by Gasteiger charge is -2.17. The van der Waals surface area contributed by atoms with E-state index in [-0.39, 0.29) is 25.5 Å². The third-order valence-corrected chi connectivity index (χ3v) is 5.56. The van der Waals surface area contributed by atoms with Crippen molar-refractivity contribution in [2.24, 2.45) is 0 Å². The lowest BCUT2D eigenvalue weighted by Crippen LogP contribution is -2.43. The second kappa shape index (κ2) is 6.12. The second-order valence-electron chi connectivity index (χ2n) is 6.67. The number of fused-ring (bicyclic) bond motifs is 2. The Balaban J connectivity index is 1.42. The molecule has 0 aliphatic carbocycles. The van der Waals surface area contributed by atoms with Gasteiger partial charge in [0, 0.05) is 5.56 Å². The van der Waals surface area contributed by atoms with Crippen molar-refractivity contribution in [3.8, 4) is 22.9 Å². The Kier molecular flexibility index (Phi) is 3.82. The highest BCUT2D eigenvalue weighted by molar-refractivity contribution is 7.88. The van der Waals surface area contributed by atoms with Gasteiger partial charge in [0.05, 0.1) is 25.5 Å². The highest BCUT2D eigenvalue weighted by Crippen LogP contribution is 2.38. The van der Waals surface area contributed by atoms with E-state index in [1.165, 1.54) is 0 Å². The molecule has 0 unspecified atom stereocenters. The van der Waals surface area contributed by atoms with E-state index >= 15 is 0 Å². The van der Waals surface area contributed by atoms with Crippen LogP contribution in [0.4, 0.5) is 0 Å². The number of rotatable bonds is 4. The fraction of sp³-hybridized carbons (Fsp3) is 0.533. The van der Waals surface area contributed by atoms with E-state index in [1.807, 2.05) is 18.2 Å². The Hall–Kier alpha value is -2.28. The van der Waals surface area contributed by atoms with Crippen molar-refractivity contribution >= 4 is 10.0 Å². The molecule has 2 saturated heterocycles. The minimum atomic E-state index is -3.36. The molecule has 144 valence electrons. The number of ether oxygens (including phenoxy) is 4. The minimum Gasteiger partial charge on any atom is -0.454 e. The molecule has 3 aliphatic heterocycles. The van der Waals surface area contributed by atoms with Gasteiger partial charge in [0.2, 0.25) is 16.8 Å². The maximum absolute atomic E-state index is 11.5. The monoisotopic (exact) mass is 395 g/mol. The van der Waals surface area contributed by atoms with Crippen LogP contribution in [0.15, 0.2) is 18.2 Å². The number of nitrogens with zero attached hydrogens (tertiary/aromatic N) is 4. The van der Waals surface area contributed by atoms with Crippen molar-refractivity contribution in [2.75, 3.05) is 26.3 Å². The number of hydrogen-bond acceptors (Lipinski definition) is 9. The molecule has 1 N–H and O–H groups in total. The molecule has 12 heteroatoms. The van der Waals surface area contributed by atoms with Gasteiger partial charge in [-0.25, -0.2) is 17.8 Å². The molecular formula is C15H17N5O6S. The van der Waals surface area contributed by atoms with Crippen molar-refractivity contribution in [1.82, 2.24) is 24.9 Å². The Morgan fingerprint density at radius 3 is 2.81 bits per heavy atom. The van der Waals surface area contributed by atoms with Crippen LogP contribution in [0.1, 0.15) is 6.04 Å². The molecule has 1 aromatic heterocycles. The summed E-state index contributed by atoms with van der Waals surface area (Å²) < 4.78 is 49.7. The summed E-state index contributed by atoms with van der Waals surface area (Å²) in [6.45, 7) is 0.743. The number of benzene rings is 1. The summed E-state index contributed by atoms with van der Waals surface area (Å²) in [5.74, 6) is 1.86. The zero-order chi connectivity index (χ0) is 18.6. The average molecular weight is 395 g/mol. The van der Waals surface area contributed by atoms with E-state index in [4.69, 9.17) is 18.9 Å². The molecule has 0 radical (unpaired) electrons. The van der Waals surface area contributed by atoms with Gasteiger partial charge in [-0.15, -0.1) is 5.10 Å². The molecule has 1 aromatic carbocycles. The standard InChI is InChI=1S/C15H17N5O6S/c1-27(21,22)17-9-5-23-14-10(6-24-13(9)14)20-15(16-18-19-20)8-2-3-11-12(4-8)26-7-25-11/h2-4,9-10,13-14,17H,5-7H2,1H3/t9-,10+,13-,14+/m1/s1. The first-order chi connectivity index (χ1) is 13.0. The van der Waals surface area contributed by atoms with Crippen LogP contribution < -0.4 is 14.2 Å². The van der Waals surface area contributed by atoms with Crippen LogP contribution in [0.3, 0.4) is 0 Å². The third-order valence-electron chi connectivity index (χ3n) is 4.83. The largest absolute Gasteiger partial charge is 0.454 e. The molecule has 11 nitrogen and oxygen atoms in total. The summed E-state index contributed by atoms with van der Waals surface area (Å²) in [6, 6.07) is 4.79. The van der Waals surface area contributed by atoms with Gasteiger partial charge in [-0.1, -0.05) is 0 Å². The van der Waals surface area contributed by atoms with Gasteiger partial charge in [0.25, 0.3) is 0 Å². The average Bonchev–Trinajstić information content (AvgIpc) is 3.38. The van der Waals surface area contributed by atoms with Crippen molar-refractivity contribution < 1.29 is 27.4 Å². The fourth-order valence-electron chi connectivity index (χ4n) is 3.71. The summed E-state index contributed by atoms with van der Waals surface area (Å²) in [6.07, 6.45) is 0.380. The zero-order valence-electron chi connectivity index (χ0n) is 14.3. The summed E-state index contributed by atoms with van der Waals surface area (Å²) in [7, 11) is -3.36. The number of hydrogen-bond donors (Lipinski definition) is 1. The topological polar surface area (TPSA) is 127 Å². The summed E-state index contributed by atoms with van der Waals surface area (Å²) in [5, 5.41) is 12.0. The molecule has 27 heavy (non-hydrogen) atoms. The molecule has 0 spiro atoms. The first kappa shape index (κ1) is 16.9. The van der Waals surface area contributed by atoms with Crippen molar-refractivity contribution in [2.45, 2.75) is 24.3 Å². The molecule has 0 saturated carbocycles. The molecule has 2 aromatic rings. The first-order valence-corrected chi connectivity index (χ1v) is 10.3. The summed E-state index contributed by atoms with van der Waals surface area (Å²) in [5.41, 5.74) is 0.775. The molecule has 4 heterocycles. The summed E-state index contributed by atoms with van der Waals surface area (Å²) >= 11 is 0. The molecule has 5 rings (SSSR count). The van der Waals surface area contributed by atoms with E-state index < -0.39 is 22.2 Å². The maximum atomic E-state index is 11.5. The van der Waals surface area contributed by atoms with Crippen LogP contribution >= 0.6 is 0 Å². The van der Waals surface area contributed by atoms with Crippen LogP contribution in [-0.2, 0) is 19.5 Å². The first-order valence-electron chi connectivity index (χ1n) is 8.38. The molecule has 2 fully saturated rings. The van der Waals surface area contributed by atoms with E-state index in [9.17, 15) is 8.42 Å². The fourth-order valence-corrected chi connectivity index (χ4v) is 4.46. The molecule has 3 aliphatic rings. The van der Waals surface area contributed by atoms with Gasteiger partial charge >= 0.3 is 0 Å². The summed E-state index contributed by atoms with van der Waals surface area (Å²) in [4.78, 5) is 0. The van der Waals surface area contributed by atoms with Crippen LogP contribution in [-0.4, -0.2) is 73.1 Å². The number of tetrazole rings is 1. The van der Waals surface area contributed by atoms with E-state index in [0.29, 0.717) is 23.9 Å². The Bertz CT molecular complexity index is 979. The lowest BCUT2D eigenvalue weighted by atomic mass is 10.1. The lowest BCUT2D eigenvalue weighted by molar-refractivity contribution is 0.0626. The quantitative estimate of drug-likeness (QED) is 0.717. The number of sulfonamides is 1. The van der Waals surface area contributed by atoms with Gasteiger partial charge in [-0.3, -0.25) is 0 Å². The predicted octanol–water partition coefficient (Wildman–Crippen LogP) is -0.675. The number of aromatic nitrogens is 4. The van der Waals surface area contributed by atoms with Crippen LogP contribution in [0.2, 0.25) is 0 Å². The van der Waals surface area contributed by atoms with Gasteiger partial charge in [0.15, 0.2) is 17.3 Å². The van der Waals surface area contributed by atoms with E-state index in [2.05, 4.69) is 20.2 Å². The van der Waals surface area contributed by atoms with Gasteiger partial charge in [-0.05, 0) is 28.6 Å². The van der Waals surface area contributed by atoms with Crippen molar-refractivity contribution in [3.05, 3.63) is 18.2 Å². The highest BCUT2D eigenvalue weighted by Gasteiger charge is 2.50. The number of nitrogens with one attached hydrogen (secondary N) is 1. The van der Waals surface area contributed by atoms with E-state index in [1.54, 1.807) is 4.68 Å². The highest BCUT2D eigenvalue weighted by atomic mass is 32.2. The second-order valence-corrected chi connectivity index (χ2v) is 8.45. The maximum Gasteiger partial charge on any atom is 0.231 e. The normalized spacial score (nSPS) is 29.2. The smallest absolute Gasteiger partial charge is 0.231 e. The van der Waals surface area contributed by atoms with Crippen LogP contribution in [0, 0.1) is 0 Å². The Morgan fingerprint density at radius 1 is 1.15 bits per heavy atom. The van der Waals surface area contributed by atoms with Crippen molar-refractivity contribution in [1.29, 1.82) is 0 Å². The molecular weight excluding hydrogens is 378 g/mol. The van der Waals surface area contributed by atoms with Crippen LogP contribution in [0.25, 0.3) is 11.4 Å². The van der Waals surface area contributed by atoms with Crippen LogP contribution in [0.5, 0.6) is 11.5 Å². The Morgan fingerprint density at radius 2 is 1.96 bits per heavy atom. The molecule has 0 amide bonds.